The molecular weight excluding hydrogens is 378 g/mol. The minimum atomic E-state index is -0.499. The standard InChI is InChI=1S/C21H22ClN3O3/c1-14-7-9-16(10-8-14)23-19(26)13-24(2)21(28)15-11-20(27)25(12-15)18-6-4-3-5-17(18)22/h3-10,15H,11-13H2,1-2H3,(H,23,26). The Morgan fingerprint density at radius 2 is 1.86 bits per heavy atom. The molecule has 1 atom stereocenters. The van der Waals surface area contributed by atoms with Crippen molar-refractivity contribution in [3.05, 3.63) is 59.1 Å². The normalized spacial score (nSPS) is 16.2. The molecule has 1 aliphatic heterocycles. The molecule has 1 N–H and O–H groups in total. The first-order chi connectivity index (χ1) is 13.3. The first-order valence-corrected chi connectivity index (χ1v) is 9.39. The highest BCUT2D eigenvalue weighted by Gasteiger charge is 2.37. The monoisotopic (exact) mass is 399 g/mol. The van der Waals surface area contributed by atoms with Gasteiger partial charge in [0.25, 0.3) is 0 Å². The van der Waals surface area contributed by atoms with Crippen LogP contribution in [0.3, 0.4) is 0 Å². The van der Waals surface area contributed by atoms with Crippen molar-refractivity contribution in [2.24, 2.45) is 5.92 Å². The number of carbonyl (C=O) groups is 3. The number of rotatable bonds is 5. The molecule has 0 aliphatic carbocycles. The molecule has 3 rings (SSSR count). The maximum Gasteiger partial charge on any atom is 0.243 e. The van der Waals surface area contributed by atoms with Crippen LogP contribution in [-0.4, -0.2) is 42.8 Å². The Morgan fingerprint density at radius 1 is 1.18 bits per heavy atom. The third-order valence-corrected chi connectivity index (χ3v) is 5.03. The SMILES string of the molecule is Cc1ccc(NC(=O)CN(C)C(=O)C2CC(=O)N(c3ccccc3Cl)C2)cc1. The average Bonchev–Trinajstić information content (AvgIpc) is 3.04. The number of nitrogens with zero attached hydrogens (tertiary/aromatic N) is 2. The van der Waals surface area contributed by atoms with Gasteiger partial charge in [0.2, 0.25) is 17.7 Å². The molecule has 0 bridgehead atoms. The smallest absolute Gasteiger partial charge is 0.243 e. The first-order valence-electron chi connectivity index (χ1n) is 9.01. The molecule has 7 heteroatoms. The molecule has 1 unspecified atom stereocenters. The zero-order chi connectivity index (χ0) is 20.3. The van der Waals surface area contributed by atoms with Gasteiger partial charge in [-0.1, -0.05) is 41.4 Å². The highest BCUT2D eigenvalue weighted by Crippen LogP contribution is 2.31. The Morgan fingerprint density at radius 3 is 2.54 bits per heavy atom. The number of aryl methyl sites for hydroxylation is 1. The molecule has 1 saturated heterocycles. The number of hydrogen-bond donors (Lipinski definition) is 1. The van der Waals surface area contributed by atoms with Gasteiger partial charge >= 0.3 is 0 Å². The fourth-order valence-corrected chi connectivity index (χ4v) is 3.46. The minimum absolute atomic E-state index is 0.0799. The number of likely N-dealkylation sites (N-methyl/N-ethyl adjacent to an activating group) is 1. The van der Waals surface area contributed by atoms with Gasteiger partial charge in [-0.2, -0.15) is 0 Å². The van der Waals surface area contributed by atoms with Crippen LogP contribution >= 0.6 is 11.6 Å². The third kappa shape index (κ3) is 4.51. The van der Waals surface area contributed by atoms with E-state index < -0.39 is 5.92 Å². The molecular formula is C21H22ClN3O3. The number of nitrogens with one attached hydrogen (secondary N) is 1. The predicted molar refractivity (Wildman–Crippen MR) is 109 cm³/mol. The van der Waals surface area contributed by atoms with E-state index in [1.807, 2.05) is 31.2 Å². The summed E-state index contributed by atoms with van der Waals surface area (Å²) in [5.41, 5.74) is 2.38. The van der Waals surface area contributed by atoms with Gasteiger partial charge in [0.1, 0.15) is 0 Å². The van der Waals surface area contributed by atoms with Crippen LogP contribution in [0.2, 0.25) is 5.02 Å². The number of halogens is 1. The summed E-state index contributed by atoms with van der Waals surface area (Å²) in [6.07, 6.45) is 0.105. The molecule has 2 aromatic carbocycles. The van der Waals surface area contributed by atoms with Gasteiger partial charge in [-0.3, -0.25) is 14.4 Å². The van der Waals surface area contributed by atoms with Crippen LogP contribution in [-0.2, 0) is 14.4 Å². The lowest BCUT2D eigenvalue weighted by molar-refractivity contribution is -0.137. The van der Waals surface area contributed by atoms with Crippen LogP contribution in [0.5, 0.6) is 0 Å². The topological polar surface area (TPSA) is 69.7 Å². The highest BCUT2D eigenvalue weighted by molar-refractivity contribution is 6.33. The molecule has 0 saturated carbocycles. The lowest BCUT2D eigenvalue weighted by atomic mass is 10.1. The van der Waals surface area contributed by atoms with E-state index in [1.165, 1.54) is 9.80 Å². The number of anilines is 2. The van der Waals surface area contributed by atoms with E-state index in [-0.39, 0.29) is 37.2 Å². The second kappa shape index (κ2) is 8.44. The summed E-state index contributed by atoms with van der Waals surface area (Å²) >= 11 is 6.17. The zero-order valence-electron chi connectivity index (χ0n) is 15.8. The molecule has 6 nitrogen and oxygen atoms in total. The van der Waals surface area contributed by atoms with Crippen molar-refractivity contribution in [1.29, 1.82) is 0 Å². The number of amides is 3. The van der Waals surface area contributed by atoms with E-state index in [9.17, 15) is 14.4 Å². The van der Waals surface area contributed by atoms with Gasteiger partial charge in [0.05, 0.1) is 23.2 Å². The summed E-state index contributed by atoms with van der Waals surface area (Å²) in [5.74, 6) is -1.17. The van der Waals surface area contributed by atoms with Crippen LogP contribution in [0.25, 0.3) is 0 Å². The van der Waals surface area contributed by atoms with Crippen molar-refractivity contribution in [2.45, 2.75) is 13.3 Å². The van der Waals surface area contributed by atoms with Gasteiger partial charge < -0.3 is 15.1 Å². The van der Waals surface area contributed by atoms with Crippen LogP contribution in [0, 0.1) is 12.8 Å². The Kier molecular flexibility index (Phi) is 5.99. The summed E-state index contributed by atoms with van der Waals surface area (Å²) in [5, 5.41) is 3.24. The summed E-state index contributed by atoms with van der Waals surface area (Å²) in [6, 6.07) is 14.5. The minimum Gasteiger partial charge on any atom is -0.336 e. The van der Waals surface area contributed by atoms with Crippen LogP contribution in [0.1, 0.15) is 12.0 Å². The average molecular weight is 400 g/mol. The summed E-state index contributed by atoms with van der Waals surface area (Å²) in [7, 11) is 1.57. The maximum atomic E-state index is 12.7. The second-order valence-corrected chi connectivity index (χ2v) is 7.37. The molecule has 28 heavy (non-hydrogen) atoms. The number of carbonyl (C=O) groups excluding carboxylic acids is 3. The third-order valence-electron chi connectivity index (χ3n) is 4.71. The lowest BCUT2D eigenvalue weighted by Crippen LogP contribution is -2.39. The molecule has 0 aromatic heterocycles. The van der Waals surface area contributed by atoms with Gasteiger partial charge in [-0.25, -0.2) is 0 Å². The Balaban J connectivity index is 1.59. The van der Waals surface area contributed by atoms with Crippen LogP contribution in [0.15, 0.2) is 48.5 Å². The van der Waals surface area contributed by atoms with Crippen molar-refractivity contribution in [3.8, 4) is 0 Å². The number of hydrogen-bond acceptors (Lipinski definition) is 3. The molecule has 2 aromatic rings. The molecule has 1 aliphatic rings. The van der Waals surface area contributed by atoms with Crippen molar-refractivity contribution in [1.82, 2.24) is 4.90 Å². The lowest BCUT2D eigenvalue weighted by Gasteiger charge is -2.21. The quantitative estimate of drug-likeness (QED) is 0.839. The first kappa shape index (κ1) is 19.9. The number of benzene rings is 2. The number of para-hydroxylation sites is 1. The zero-order valence-corrected chi connectivity index (χ0v) is 16.6. The van der Waals surface area contributed by atoms with Gasteiger partial charge in [-0.05, 0) is 31.2 Å². The Bertz CT molecular complexity index is 898. The van der Waals surface area contributed by atoms with E-state index in [0.717, 1.165) is 5.56 Å². The molecule has 0 spiro atoms. The van der Waals surface area contributed by atoms with E-state index >= 15 is 0 Å². The van der Waals surface area contributed by atoms with Gasteiger partial charge in [0, 0.05) is 25.7 Å². The summed E-state index contributed by atoms with van der Waals surface area (Å²) in [4.78, 5) is 40.2. The van der Waals surface area contributed by atoms with E-state index in [0.29, 0.717) is 16.4 Å². The molecule has 1 fully saturated rings. The summed E-state index contributed by atoms with van der Waals surface area (Å²) < 4.78 is 0. The van der Waals surface area contributed by atoms with E-state index in [2.05, 4.69) is 5.32 Å². The van der Waals surface area contributed by atoms with Crippen molar-refractivity contribution in [3.63, 3.8) is 0 Å². The Hall–Kier alpha value is -2.86. The van der Waals surface area contributed by atoms with E-state index in [4.69, 9.17) is 11.6 Å². The molecule has 0 radical (unpaired) electrons. The van der Waals surface area contributed by atoms with Gasteiger partial charge in [-0.15, -0.1) is 0 Å². The van der Waals surface area contributed by atoms with Crippen LogP contribution < -0.4 is 10.2 Å². The molecule has 3 amide bonds. The second-order valence-electron chi connectivity index (χ2n) is 6.97. The Labute approximate surface area is 169 Å². The van der Waals surface area contributed by atoms with Crippen LogP contribution in [0.4, 0.5) is 11.4 Å². The predicted octanol–water partition coefficient (Wildman–Crippen LogP) is 3.10. The fraction of sp³-hybridized carbons (Fsp3) is 0.286. The van der Waals surface area contributed by atoms with Gasteiger partial charge in [0.15, 0.2) is 0 Å². The molecule has 1 heterocycles. The largest absolute Gasteiger partial charge is 0.336 e. The maximum absolute atomic E-state index is 12.7. The van der Waals surface area contributed by atoms with Crippen molar-refractivity contribution >= 4 is 40.7 Å². The highest BCUT2D eigenvalue weighted by atomic mass is 35.5. The van der Waals surface area contributed by atoms with Crippen molar-refractivity contribution < 1.29 is 14.4 Å². The summed E-state index contributed by atoms with van der Waals surface area (Å²) in [6.45, 7) is 2.14. The fourth-order valence-electron chi connectivity index (χ4n) is 3.22. The van der Waals surface area contributed by atoms with Crippen molar-refractivity contribution in [2.75, 3.05) is 30.4 Å². The van der Waals surface area contributed by atoms with E-state index in [1.54, 1.807) is 31.3 Å². The molecule has 146 valence electrons.